The lowest BCUT2D eigenvalue weighted by Crippen LogP contribution is -2.43. The molecule has 0 atom stereocenters. The molecule has 0 unspecified atom stereocenters. The van der Waals surface area contributed by atoms with Crippen LogP contribution in [0, 0.1) is 0 Å². The summed E-state index contributed by atoms with van der Waals surface area (Å²) in [5, 5.41) is 9.24. The van der Waals surface area contributed by atoms with Crippen molar-refractivity contribution in [1.29, 1.82) is 0 Å². The van der Waals surface area contributed by atoms with E-state index in [9.17, 15) is 9.90 Å². The number of carbonyl (C=O) groups is 1. The van der Waals surface area contributed by atoms with Crippen LogP contribution in [-0.2, 0) is 0 Å². The molecule has 1 saturated carbocycles. The van der Waals surface area contributed by atoms with Gasteiger partial charge in [0.1, 0.15) is 0 Å². The smallest absolute Gasteiger partial charge is 0.257 e. The molecule has 20 heavy (non-hydrogen) atoms. The summed E-state index contributed by atoms with van der Waals surface area (Å²) in [5.74, 6) is 5.66. The molecule has 1 aliphatic carbocycles. The summed E-state index contributed by atoms with van der Waals surface area (Å²) >= 11 is 0. The van der Waals surface area contributed by atoms with E-state index in [1.807, 2.05) is 0 Å². The number of hydrogen-bond acceptors (Lipinski definition) is 5. The minimum absolute atomic E-state index is 0.0338. The van der Waals surface area contributed by atoms with Gasteiger partial charge in [0.25, 0.3) is 5.91 Å². The fourth-order valence-electron chi connectivity index (χ4n) is 2.80. The zero-order valence-corrected chi connectivity index (χ0v) is 11.6. The minimum atomic E-state index is -0.119. The van der Waals surface area contributed by atoms with Crippen molar-refractivity contribution in [1.82, 2.24) is 9.88 Å². The molecule has 1 aromatic heterocycles. The first-order valence-electron chi connectivity index (χ1n) is 7.11. The quantitative estimate of drug-likeness (QED) is 0.555. The van der Waals surface area contributed by atoms with Gasteiger partial charge in [0, 0.05) is 18.8 Å². The molecule has 0 aromatic carbocycles. The van der Waals surface area contributed by atoms with Crippen molar-refractivity contribution in [3.05, 3.63) is 23.9 Å². The average Bonchev–Trinajstić information content (AvgIpc) is 2.52. The van der Waals surface area contributed by atoms with E-state index in [4.69, 9.17) is 5.84 Å². The third-order valence-corrected chi connectivity index (χ3v) is 3.79. The van der Waals surface area contributed by atoms with Crippen LogP contribution in [0.3, 0.4) is 0 Å². The van der Waals surface area contributed by atoms with Gasteiger partial charge in [-0.25, -0.2) is 10.8 Å². The molecule has 1 fully saturated rings. The van der Waals surface area contributed by atoms with Crippen LogP contribution in [0.15, 0.2) is 18.3 Å². The number of aromatic nitrogens is 1. The molecule has 2 rings (SSSR count). The van der Waals surface area contributed by atoms with E-state index in [0.717, 1.165) is 25.7 Å². The number of rotatable bonds is 5. The van der Waals surface area contributed by atoms with Crippen LogP contribution in [0.5, 0.6) is 0 Å². The van der Waals surface area contributed by atoms with Crippen LogP contribution in [0.2, 0.25) is 0 Å². The van der Waals surface area contributed by atoms with Crippen molar-refractivity contribution in [2.75, 3.05) is 18.6 Å². The van der Waals surface area contributed by atoms with Crippen LogP contribution in [0.1, 0.15) is 42.5 Å². The Morgan fingerprint density at radius 2 is 2.20 bits per heavy atom. The number of pyridine rings is 1. The fourth-order valence-corrected chi connectivity index (χ4v) is 2.80. The summed E-state index contributed by atoms with van der Waals surface area (Å²) in [6, 6.07) is 3.62. The molecule has 0 saturated heterocycles. The van der Waals surface area contributed by atoms with Crippen molar-refractivity contribution >= 4 is 11.7 Å². The standard InChI is InChI=1S/C14H22N4O2/c15-17-13-12(7-4-8-16-13)14(20)18(9-10-19)11-5-2-1-3-6-11/h4,7-8,11,19H,1-3,5-6,9-10,15H2,(H,16,17). The van der Waals surface area contributed by atoms with Crippen molar-refractivity contribution < 1.29 is 9.90 Å². The molecular formula is C14H22N4O2. The van der Waals surface area contributed by atoms with Crippen LogP contribution < -0.4 is 11.3 Å². The Labute approximate surface area is 119 Å². The molecule has 110 valence electrons. The summed E-state index contributed by atoms with van der Waals surface area (Å²) in [5.41, 5.74) is 2.91. The van der Waals surface area contributed by atoms with Gasteiger partial charge in [-0.15, -0.1) is 0 Å². The second-order valence-electron chi connectivity index (χ2n) is 5.06. The maximum absolute atomic E-state index is 12.7. The first-order valence-corrected chi connectivity index (χ1v) is 7.11. The topological polar surface area (TPSA) is 91.5 Å². The van der Waals surface area contributed by atoms with E-state index in [0.29, 0.717) is 17.9 Å². The molecule has 1 amide bonds. The van der Waals surface area contributed by atoms with Gasteiger partial charge in [-0.3, -0.25) is 4.79 Å². The Bertz CT molecular complexity index is 447. The second-order valence-corrected chi connectivity index (χ2v) is 5.06. The van der Waals surface area contributed by atoms with Crippen LogP contribution >= 0.6 is 0 Å². The monoisotopic (exact) mass is 278 g/mol. The number of carbonyl (C=O) groups excluding carboxylic acids is 1. The van der Waals surface area contributed by atoms with Crippen LogP contribution in [0.4, 0.5) is 5.82 Å². The van der Waals surface area contributed by atoms with Gasteiger partial charge in [0.2, 0.25) is 0 Å². The Kier molecular flexibility index (Phi) is 5.31. The summed E-state index contributed by atoms with van der Waals surface area (Å²) in [7, 11) is 0. The molecule has 0 radical (unpaired) electrons. The normalized spacial score (nSPS) is 15.9. The number of nitrogens with two attached hydrogens (primary N) is 1. The number of aliphatic hydroxyl groups excluding tert-OH is 1. The molecular weight excluding hydrogens is 256 g/mol. The number of hydrazine groups is 1. The molecule has 0 spiro atoms. The number of anilines is 1. The summed E-state index contributed by atoms with van der Waals surface area (Å²) in [4.78, 5) is 18.5. The molecule has 1 aliphatic rings. The molecule has 1 heterocycles. The van der Waals surface area contributed by atoms with E-state index in [1.54, 1.807) is 23.2 Å². The van der Waals surface area contributed by atoms with Gasteiger partial charge >= 0.3 is 0 Å². The Hall–Kier alpha value is -1.66. The average molecular weight is 278 g/mol. The Balaban J connectivity index is 2.21. The predicted octanol–water partition coefficient (Wildman–Crippen LogP) is 1.13. The lowest BCUT2D eigenvalue weighted by molar-refractivity contribution is 0.0586. The number of nitrogens with one attached hydrogen (secondary N) is 1. The molecule has 0 bridgehead atoms. The van der Waals surface area contributed by atoms with Crippen LogP contribution in [0.25, 0.3) is 0 Å². The third kappa shape index (κ3) is 3.26. The highest BCUT2D eigenvalue weighted by atomic mass is 16.3. The van der Waals surface area contributed by atoms with Gasteiger partial charge in [0.15, 0.2) is 5.82 Å². The molecule has 6 nitrogen and oxygen atoms in total. The zero-order valence-electron chi connectivity index (χ0n) is 11.6. The van der Waals surface area contributed by atoms with Gasteiger partial charge in [-0.05, 0) is 25.0 Å². The number of aliphatic hydroxyl groups is 1. The largest absolute Gasteiger partial charge is 0.395 e. The lowest BCUT2D eigenvalue weighted by Gasteiger charge is -2.34. The second kappa shape index (κ2) is 7.21. The third-order valence-electron chi connectivity index (χ3n) is 3.79. The van der Waals surface area contributed by atoms with Crippen molar-refractivity contribution in [2.24, 2.45) is 5.84 Å². The summed E-state index contributed by atoms with van der Waals surface area (Å²) in [6.45, 7) is 0.316. The van der Waals surface area contributed by atoms with Crippen molar-refractivity contribution in [3.63, 3.8) is 0 Å². The first kappa shape index (κ1) is 14.7. The van der Waals surface area contributed by atoms with E-state index in [1.165, 1.54) is 6.42 Å². The maximum atomic E-state index is 12.7. The van der Waals surface area contributed by atoms with E-state index >= 15 is 0 Å². The van der Waals surface area contributed by atoms with Gasteiger partial charge in [-0.2, -0.15) is 0 Å². The van der Waals surface area contributed by atoms with Gasteiger partial charge in [-0.1, -0.05) is 19.3 Å². The number of nitrogens with zero attached hydrogens (tertiary/aromatic N) is 2. The van der Waals surface area contributed by atoms with Crippen LogP contribution in [-0.4, -0.2) is 40.1 Å². The fraction of sp³-hybridized carbons (Fsp3) is 0.571. The van der Waals surface area contributed by atoms with Gasteiger partial charge in [0.05, 0.1) is 12.2 Å². The first-order chi connectivity index (χ1) is 9.77. The Morgan fingerprint density at radius 3 is 2.85 bits per heavy atom. The SMILES string of the molecule is NNc1ncccc1C(=O)N(CCO)C1CCCCC1. The highest BCUT2D eigenvalue weighted by molar-refractivity contribution is 5.98. The van der Waals surface area contributed by atoms with E-state index in [2.05, 4.69) is 10.4 Å². The molecule has 6 heteroatoms. The van der Waals surface area contributed by atoms with Crippen molar-refractivity contribution in [3.8, 4) is 0 Å². The van der Waals surface area contributed by atoms with E-state index < -0.39 is 0 Å². The molecule has 0 aliphatic heterocycles. The lowest BCUT2D eigenvalue weighted by atomic mass is 9.93. The van der Waals surface area contributed by atoms with E-state index in [-0.39, 0.29) is 18.6 Å². The summed E-state index contributed by atoms with van der Waals surface area (Å²) < 4.78 is 0. The highest BCUT2D eigenvalue weighted by Gasteiger charge is 2.27. The Morgan fingerprint density at radius 1 is 1.45 bits per heavy atom. The molecule has 4 N–H and O–H groups in total. The summed E-state index contributed by atoms with van der Waals surface area (Å²) in [6.07, 6.45) is 7.07. The van der Waals surface area contributed by atoms with Crippen molar-refractivity contribution in [2.45, 2.75) is 38.1 Å². The zero-order chi connectivity index (χ0) is 14.4. The number of amides is 1. The minimum Gasteiger partial charge on any atom is -0.395 e. The highest BCUT2D eigenvalue weighted by Crippen LogP contribution is 2.25. The number of nitrogen functional groups attached to an aromatic ring is 1. The van der Waals surface area contributed by atoms with Gasteiger partial charge < -0.3 is 15.4 Å². The predicted molar refractivity (Wildman–Crippen MR) is 77.0 cm³/mol. The number of hydrogen-bond donors (Lipinski definition) is 3. The maximum Gasteiger partial charge on any atom is 0.257 e. The molecule has 1 aromatic rings.